The molecule has 0 bridgehead atoms. The van der Waals surface area contributed by atoms with Crippen LogP contribution in [-0.2, 0) is 0 Å². The highest BCUT2D eigenvalue weighted by atomic mass is 14.8. The third-order valence-electron chi connectivity index (χ3n) is 3.09. The van der Waals surface area contributed by atoms with Gasteiger partial charge >= 0.3 is 0 Å². The molecule has 0 aromatic heterocycles. The monoisotopic (exact) mass is 243 g/mol. The summed E-state index contributed by atoms with van der Waals surface area (Å²) in [7, 11) is 2.02. The van der Waals surface area contributed by atoms with Crippen LogP contribution < -0.4 is 16.4 Å². The minimum Gasteiger partial charge on any atom is -0.330 e. The third kappa shape index (κ3) is 15.9. The number of hydrogen-bond donors (Lipinski definition) is 3. The fraction of sp³-hybridized carbons (Fsp3) is 1.00. The van der Waals surface area contributed by atoms with E-state index in [0.717, 1.165) is 13.1 Å². The van der Waals surface area contributed by atoms with Gasteiger partial charge in [0.25, 0.3) is 0 Å². The lowest BCUT2D eigenvalue weighted by Crippen LogP contribution is -2.17. The van der Waals surface area contributed by atoms with Gasteiger partial charge in [-0.2, -0.15) is 0 Å². The molecule has 0 heterocycles. The lowest BCUT2D eigenvalue weighted by atomic mass is 10.1. The van der Waals surface area contributed by atoms with Crippen molar-refractivity contribution in [2.24, 2.45) is 5.73 Å². The zero-order chi connectivity index (χ0) is 12.6. The first-order valence-electron chi connectivity index (χ1n) is 7.47. The molecule has 0 saturated carbocycles. The third-order valence-corrected chi connectivity index (χ3v) is 3.09. The maximum atomic E-state index is 5.45. The lowest BCUT2D eigenvalue weighted by molar-refractivity contribution is 0.547. The molecule has 104 valence electrons. The maximum absolute atomic E-state index is 5.45. The van der Waals surface area contributed by atoms with Gasteiger partial charge in [0.05, 0.1) is 0 Å². The van der Waals surface area contributed by atoms with Gasteiger partial charge in [0.2, 0.25) is 0 Å². The highest BCUT2D eigenvalue weighted by Gasteiger charge is 1.92. The zero-order valence-corrected chi connectivity index (χ0v) is 11.8. The standard InChI is InChI=1S/C14H33N3/c1-16-12-8-6-10-14-17-13-9-5-3-2-4-7-11-15/h16-17H,2-15H2,1H3. The van der Waals surface area contributed by atoms with Crippen LogP contribution in [0.25, 0.3) is 0 Å². The summed E-state index contributed by atoms with van der Waals surface area (Å²) in [6, 6.07) is 0. The van der Waals surface area contributed by atoms with Crippen molar-refractivity contribution in [3.63, 3.8) is 0 Å². The number of rotatable bonds is 14. The summed E-state index contributed by atoms with van der Waals surface area (Å²) in [5.74, 6) is 0. The Balaban J connectivity index is 2.85. The molecule has 3 nitrogen and oxygen atoms in total. The molecule has 17 heavy (non-hydrogen) atoms. The van der Waals surface area contributed by atoms with Crippen LogP contribution in [0, 0.1) is 0 Å². The number of hydrogen-bond acceptors (Lipinski definition) is 3. The molecule has 0 aliphatic heterocycles. The Hall–Kier alpha value is -0.120. The maximum Gasteiger partial charge on any atom is -0.00489 e. The van der Waals surface area contributed by atoms with Crippen molar-refractivity contribution < 1.29 is 0 Å². The van der Waals surface area contributed by atoms with Crippen molar-refractivity contribution in [3.05, 3.63) is 0 Å². The molecule has 0 rings (SSSR count). The quantitative estimate of drug-likeness (QED) is 0.410. The summed E-state index contributed by atoms with van der Waals surface area (Å²) in [5.41, 5.74) is 5.45. The molecular formula is C14H33N3. The van der Waals surface area contributed by atoms with Gasteiger partial charge in [0.15, 0.2) is 0 Å². The minimum atomic E-state index is 0.856. The normalized spacial score (nSPS) is 10.9. The molecule has 0 fully saturated rings. The molecule has 0 saturated heterocycles. The fourth-order valence-electron chi connectivity index (χ4n) is 1.95. The molecule has 0 spiro atoms. The van der Waals surface area contributed by atoms with E-state index in [1.54, 1.807) is 0 Å². The fourth-order valence-corrected chi connectivity index (χ4v) is 1.95. The first-order valence-corrected chi connectivity index (χ1v) is 7.47. The van der Waals surface area contributed by atoms with E-state index in [1.807, 2.05) is 7.05 Å². The van der Waals surface area contributed by atoms with Crippen molar-refractivity contribution >= 4 is 0 Å². The Morgan fingerprint density at radius 1 is 0.647 bits per heavy atom. The van der Waals surface area contributed by atoms with E-state index in [2.05, 4.69) is 10.6 Å². The molecular weight excluding hydrogens is 210 g/mol. The minimum absolute atomic E-state index is 0.856. The molecule has 0 aromatic carbocycles. The molecule has 0 atom stereocenters. The molecule has 0 aliphatic carbocycles. The van der Waals surface area contributed by atoms with E-state index in [9.17, 15) is 0 Å². The predicted molar refractivity (Wildman–Crippen MR) is 77.4 cm³/mol. The predicted octanol–water partition coefficient (Wildman–Crippen LogP) is 2.26. The molecule has 0 unspecified atom stereocenters. The topological polar surface area (TPSA) is 50.1 Å². The van der Waals surface area contributed by atoms with Gasteiger partial charge in [-0.15, -0.1) is 0 Å². The smallest absolute Gasteiger partial charge is 0.00489 e. The van der Waals surface area contributed by atoms with E-state index < -0.39 is 0 Å². The van der Waals surface area contributed by atoms with Crippen molar-refractivity contribution in [2.45, 2.75) is 57.8 Å². The lowest BCUT2D eigenvalue weighted by Gasteiger charge is -2.05. The van der Waals surface area contributed by atoms with Crippen LogP contribution in [0.3, 0.4) is 0 Å². The molecule has 4 N–H and O–H groups in total. The molecule has 0 aliphatic rings. The van der Waals surface area contributed by atoms with E-state index in [4.69, 9.17) is 5.73 Å². The van der Waals surface area contributed by atoms with Gasteiger partial charge in [0, 0.05) is 0 Å². The van der Waals surface area contributed by atoms with E-state index in [-0.39, 0.29) is 0 Å². The second-order valence-electron chi connectivity index (χ2n) is 4.82. The Morgan fingerprint density at radius 3 is 1.71 bits per heavy atom. The molecule has 0 amide bonds. The van der Waals surface area contributed by atoms with Gasteiger partial charge in [0.1, 0.15) is 0 Å². The van der Waals surface area contributed by atoms with Crippen LogP contribution in [0.2, 0.25) is 0 Å². The number of nitrogens with one attached hydrogen (secondary N) is 2. The Labute approximate surface area is 108 Å². The molecule has 0 aromatic rings. The van der Waals surface area contributed by atoms with Gasteiger partial charge in [-0.3, -0.25) is 0 Å². The van der Waals surface area contributed by atoms with Crippen molar-refractivity contribution in [1.29, 1.82) is 0 Å². The number of nitrogens with two attached hydrogens (primary N) is 1. The second-order valence-corrected chi connectivity index (χ2v) is 4.82. The molecule has 3 heteroatoms. The Kier molecular flexibility index (Phi) is 15.8. The summed E-state index contributed by atoms with van der Waals surface area (Å²) in [6.45, 7) is 4.40. The zero-order valence-electron chi connectivity index (χ0n) is 11.8. The van der Waals surface area contributed by atoms with Crippen LogP contribution in [0.15, 0.2) is 0 Å². The summed E-state index contributed by atoms with van der Waals surface area (Å²) in [4.78, 5) is 0. The van der Waals surface area contributed by atoms with E-state index in [1.165, 1.54) is 70.9 Å². The summed E-state index contributed by atoms with van der Waals surface area (Å²) in [5, 5.41) is 6.70. The SMILES string of the molecule is CNCCCCCNCCCCCCCCN. The van der Waals surface area contributed by atoms with Crippen LogP contribution in [-0.4, -0.2) is 33.2 Å². The number of unbranched alkanes of at least 4 members (excludes halogenated alkanes) is 7. The van der Waals surface area contributed by atoms with Gasteiger partial charge in [-0.25, -0.2) is 0 Å². The van der Waals surface area contributed by atoms with Gasteiger partial charge in [-0.1, -0.05) is 32.1 Å². The summed E-state index contributed by atoms with van der Waals surface area (Å²) >= 11 is 0. The highest BCUT2D eigenvalue weighted by Crippen LogP contribution is 2.04. The average molecular weight is 243 g/mol. The van der Waals surface area contributed by atoms with E-state index >= 15 is 0 Å². The van der Waals surface area contributed by atoms with Crippen molar-refractivity contribution in [3.8, 4) is 0 Å². The van der Waals surface area contributed by atoms with Gasteiger partial charge < -0.3 is 16.4 Å². The van der Waals surface area contributed by atoms with Crippen LogP contribution in [0.1, 0.15) is 57.8 Å². The largest absolute Gasteiger partial charge is 0.330 e. The first kappa shape index (κ1) is 16.9. The summed E-state index contributed by atoms with van der Waals surface area (Å²) < 4.78 is 0. The highest BCUT2D eigenvalue weighted by molar-refractivity contribution is 4.52. The second kappa shape index (κ2) is 15.9. The molecule has 0 radical (unpaired) electrons. The van der Waals surface area contributed by atoms with E-state index in [0.29, 0.717) is 0 Å². The van der Waals surface area contributed by atoms with Crippen LogP contribution >= 0.6 is 0 Å². The first-order chi connectivity index (χ1) is 8.41. The van der Waals surface area contributed by atoms with Crippen LogP contribution in [0.5, 0.6) is 0 Å². The van der Waals surface area contributed by atoms with Gasteiger partial charge in [-0.05, 0) is 58.9 Å². The summed E-state index contributed by atoms with van der Waals surface area (Å²) in [6.07, 6.45) is 11.9. The van der Waals surface area contributed by atoms with Crippen molar-refractivity contribution in [2.75, 3.05) is 33.2 Å². The van der Waals surface area contributed by atoms with Crippen LogP contribution in [0.4, 0.5) is 0 Å². The van der Waals surface area contributed by atoms with Crippen molar-refractivity contribution in [1.82, 2.24) is 10.6 Å². The Bertz CT molecular complexity index is 115. The average Bonchev–Trinajstić information content (AvgIpc) is 2.35. The Morgan fingerprint density at radius 2 is 1.12 bits per heavy atom.